The number of primary amides is 1. The molecule has 21 heavy (non-hydrogen) atoms. The minimum atomic E-state index is -1.10. The van der Waals surface area contributed by atoms with E-state index in [0.29, 0.717) is 19.3 Å². The molecule has 1 aliphatic rings. The maximum absolute atomic E-state index is 11.2. The van der Waals surface area contributed by atoms with Gasteiger partial charge >= 0.3 is 6.09 Å². The molecule has 112 valence electrons. The van der Waals surface area contributed by atoms with E-state index >= 15 is 0 Å². The number of aromatic nitrogens is 2. The monoisotopic (exact) mass is 292 g/mol. The number of nitriles is 1. The number of amides is 2. The Morgan fingerprint density at radius 2 is 2.24 bits per heavy atom. The number of anilines is 1. The highest BCUT2D eigenvalue weighted by atomic mass is 16.4. The van der Waals surface area contributed by atoms with Crippen molar-refractivity contribution in [2.45, 2.75) is 31.3 Å². The summed E-state index contributed by atoms with van der Waals surface area (Å²) in [6, 6.07) is 1.65. The highest BCUT2D eigenvalue weighted by molar-refractivity contribution is 5.96. The molecule has 0 spiro atoms. The number of nitrogens with two attached hydrogens (primary N) is 2. The maximum atomic E-state index is 11.2. The third kappa shape index (κ3) is 3.05. The van der Waals surface area contributed by atoms with Crippen molar-refractivity contribution in [2.75, 3.05) is 5.73 Å². The maximum Gasteiger partial charge on any atom is 0.404 e. The van der Waals surface area contributed by atoms with E-state index in [1.807, 2.05) is 0 Å². The molecule has 0 aliphatic heterocycles. The number of carbonyl (C=O) groups is 2. The fourth-order valence-corrected chi connectivity index (χ4v) is 2.68. The predicted octanol–water partition coefficient (Wildman–Crippen LogP) is 0.0652. The van der Waals surface area contributed by atoms with Crippen LogP contribution in [0.25, 0.3) is 0 Å². The molecule has 9 nitrogen and oxygen atoms in total. The fourth-order valence-electron chi connectivity index (χ4n) is 2.68. The number of hydrogen-bond acceptors (Lipinski definition) is 5. The Morgan fingerprint density at radius 3 is 2.76 bits per heavy atom. The SMILES string of the molecule is N#CC1C[C@@H](NC(=O)O)CC[C@H]1n1cc(C(N)=O)c(N)n1. The smallest absolute Gasteiger partial charge is 0.404 e. The first-order chi connectivity index (χ1) is 9.92. The summed E-state index contributed by atoms with van der Waals surface area (Å²) in [6.07, 6.45) is 1.87. The molecular weight excluding hydrogens is 276 g/mol. The zero-order valence-corrected chi connectivity index (χ0v) is 11.2. The third-order valence-electron chi connectivity index (χ3n) is 3.67. The molecule has 1 unspecified atom stereocenters. The first kappa shape index (κ1) is 14.6. The van der Waals surface area contributed by atoms with E-state index in [0.717, 1.165) is 0 Å². The van der Waals surface area contributed by atoms with Crippen molar-refractivity contribution in [1.29, 1.82) is 5.26 Å². The van der Waals surface area contributed by atoms with Gasteiger partial charge < -0.3 is 21.9 Å². The number of nitrogens with one attached hydrogen (secondary N) is 1. The van der Waals surface area contributed by atoms with Gasteiger partial charge in [-0.15, -0.1) is 0 Å². The van der Waals surface area contributed by atoms with Gasteiger partial charge in [0.2, 0.25) is 0 Å². The summed E-state index contributed by atoms with van der Waals surface area (Å²) in [7, 11) is 0. The minimum Gasteiger partial charge on any atom is -0.465 e. The zero-order valence-electron chi connectivity index (χ0n) is 11.2. The first-order valence-electron chi connectivity index (χ1n) is 6.46. The van der Waals surface area contributed by atoms with Gasteiger partial charge in [0.05, 0.1) is 18.0 Å². The molecule has 1 fully saturated rings. The van der Waals surface area contributed by atoms with Crippen LogP contribution in [0.4, 0.5) is 10.6 Å². The standard InChI is InChI=1S/C12H16N6O3/c13-4-6-3-7(16-12(20)21)1-2-9(6)18-5-8(11(15)19)10(14)17-18/h5-7,9,16H,1-3H2,(H2,14,17)(H2,15,19)(H,20,21)/t6?,7-,9+/m0/s1. The highest BCUT2D eigenvalue weighted by Crippen LogP contribution is 2.34. The molecule has 1 aromatic heterocycles. The second-order valence-corrected chi connectivity index (χ2v) is 5.03. The number of nitrogen functional groups attached to an aromatic ring is 1. The first-order valence-corrected chi connectivity index (χ1v) is 6.46. The van der Waals surface area contributed by atoms with E-state index in [9.17, 15) is 14.9 Å². The van der Waals surface area contributed by atoms with Crippen molar-refractivity contribution in [3.05, 3.63) is 11.8 Å². The lowest BCUT2D eigenvalue weighted by molar-refractivity contribution is 0.100. The Balaban J connectivity index is 2.17. The fraction of sp³-hybridized carbons (Fsp3) is 0.500. The second-order valence-electron chi connectivity index (χ2n) is 5.03. The minimum absolute atomic E-state index is 0.0324. The lowest BCUT2D eigenvalue weighted by Gasteiger charge is -2.32. The predicted molar refractivity (Wildman–Crippen MR) is 72.1 cm³/mol. The van der Waals surface area contributed by atoms with E-state index < -0.39 is 17.9 Å². The van der Waals surface area contributed by atoms with Crippen molar-refractivity contribution in [3.8, 4) is 6.07 Å². The van der Waals surface area contributed by atoms with Crippen molar-refractivity contribution < 1.29 is 14.7 Å². The normalized spacial score (nSPS) is 25.0. The highest BCUT2D eigenvalue weighted by Gasteiger charge is 2.33. The molecule has 0 saturated heterocycles. The second kappa shape index (κ2) is 5.70. The van der Waals surface area contributed by atoms with Crippen molar-refractivity contribution in [3.63, 3.8) is 0 Å². The average molecular weight is 292 g/mol. The summed E-state index contributed by atoms with van der Waals surface area (Å²) >= 11 is 0. The van der Waals surface area contributed by atoms with Gasteiger partial charge in [-0.25, -0.2) is 4.79 Å². The Kier molecular flexibility index (Phi) is 3.98. The molecule has 9 heteroatoms. The topological polar surface area (TPSA) is 160 Å². The van der Waals surface area contributed by atoms with Crippen LogP contribution >= 0.6 is 0 Å². The van der Waals surface area contributed by atoms with Crippen molar-refractivity contribution in [2.24, 2.45) is 11.7 Å². The summed E-state index contributed by atoms with van der Waals surface area (Å²) in [4.78, 5) is 21.8. The molecule has 1 heterocycles. The molecule has 0 aromatic carbocycles. The van der Waals surface area contributed by atoms with Gasteiger partial charge in [-0.3, -0.25) is 9.48 Å². The van der Waals surface area contributed by atoms with Crippen LogP contribution in [-0.2, 0) is 0 Å². The van der Waals surface area contributed by atoms with Gasteiger partial charge in [-0.05, 0) is 19.3 Å². The molecule has 1 aromatic rings. The van der Waals surface area contributed by atoms with Crippen LogP contribution in [0.3, 0.4) is 0 Å². The molecule has 2 amide bonds. The molecule has 0 bridgehead atoms. The Morgan fingerprint density at radius 1 is 1.52 bits per heavy atom. The lowest BCUT2D eigenvalue weighted by atomic mass is 9.82. The lowest BCUT2D eigenvalue weighted by Crippen LogP contribution is -2.40. The van der Waals surface area contributed by atoms with E-state index in [-0.39, 0.29) is 23.5 Å². The van der Waals surface area contributed by atoms with Gasteiger partial charge in [0, 0.05) is 12.2 Å². The van der Waals surface area contributed by atoms with Crippen LogP contribution < -0.4 is 16.8 Å². The van der Waals surface area contributed by atoms with Crippen LogP contribution in [0.15, 0.2) is 6.20 Å². The number of rotatable bonds is 3. The van der Waals surface area contributed by atoms with Crippen LogP contribution in [-0.4, -0.2) is 32.9 Å². The molecule has 0 radical (unpaired) electrons. The van der Waals surface area contributed by atoms with Gasteiger partial charge in [0.15, 0.2) is 5.82 Å². The van der Waals surface area contributed by atoms with E-state index in [2.05, 4.69) is 16.5 Å². The van der Waals surface area contributed by atoms with Crippen LogP contribution in [0, 0.1) is 17.2 Å². The quantitative estimate of drug-likeness (QED) is 0.616. The van der Waals surface area contributed by atoms with Gasteiger partial charge in [0.25, 0.3) is 5.91 Å². The molecule has 2 rings (SSSR count). The van der Waals surface area contributed by atoms with Crippen LogP contribution in [0.5, 0.6) is 0 Å². The van der Waals surface area contributed by atoms with Gasteiger partial charge in [0.1, 0.15) is 5.56 Å². The summed E-state index contributed by atoms with van der Waals surface area (Å²) in [5.41, 5.74) is 10.9. The largest absolute Gasteiger partial charge is 0.465 e. The van der Waals surface area contributed by atoms with E-state index in [1.165, 1.54) is 10.9 Å². The van der Waals surface area contributed by atoms with Gasteiger partial charge in [-0.2, -0.15) is 10.4 Å². The number of hydrogen-bond donors (Lipinski definition) is 4. The number of carboxylic acid groups (broad SMARTS) is 1. The van der Waals surface area contributed by atoms with Gasteiger partial charge in [-0.1, -0.05) is 0 Å². The zero-order chi connectivity index (χ0) is 15.6. The van der Waals surface area contributed by atoms with Crippen molar-refractivity contribution in [1.82, 2.24) is 15.1 Å². The number of nitrogens with zero attached hydrogens (tertiary/aromatic N) is 3. The summed E-state index contributed by atoms with van der Waals surface area (Å²) in [5, 5.41) is 24.4. The summed E-state index contributed by atoms with van der Waals surface area (Å²) in [5.74, 6) is -1.06. The molecular formula is C12H16N6O3. The van der Waals surface area contributed by atoms with E-state index in [4.69, 9.17) is 16.6 Å². The molecule has 3 atom stereocenters. The molecule has 6 N–H and O–H groups in total. The van der Waals surface area contributed by atoms with Crippen molar-refractivity contribution >= 4 is 17.8 Å². The molecule has 1 saturated carbocycles. The van der Waals surface area contributed by atoms with Crippen LogP contribution in [0.2, 0.25) is 0 Å². The van der Waals surface area contributed by atoms with E-state index in [1.54, 1.807) is 0 Å². The number of carbonyl (C=O) groups excluding carboxylic acids is 1. The van der Waals surface area contributed by atoms with Crippen LogP contribution in [0.1, 0.15) is 35.7 Å². The Hall–Kier alpha value is -2.76. The Labute approximate surface area is 120 Å². The average Bonchev–Trinajstić information content (AvgIpc) is 2.80. The third-order valence-corrected chi connectivity index (χ3v) is 3.67. The summed E-state index contributed by atoms with van der Waals surface area (Å²) < 4.78 is 1.49. The Bertz CT molecular complexity index is 605. The molecule has 1 aliphatic carbocycles. The summed E-state index contributed by atoms with van der Waals surface area (Å²) in [6.45, 7) is 0.